The highest BCUT2D eigenvalue weighted by Crippen LogP contribution is 2.29. The summed E-state index contributed by atoms with van der Waals surface area (Å²) in [7, 11) is 1.74. The predicted molar refractivity (Wildman–Crippen MR) is 80.0 cm³/mol. The Morgan fingerprint density at radius 1 is 1.37 bits per heavy atom. The molecular formula is C15H21ClN2O. The van der Waals surface area contributed by atoms with Crippen molar-refractivity contribution in [3.8, 4) is 0 Å². The van der Waals surface area contributed by atoms with Crippen molar-refractivity contribution in [2.75, 3.05) is 13.7 Å². The number of halogens is 1. The minimum Gasteiger partial charge on any atom is -0.385 e. The molecule has 2 aromatic heterocycles. The zero-order chi connectivity index (χ0) is 13.8. The number of pyridine rings is 1. The van der Waals surface area contributed by atoms with E-state index in [1.165, 1.54) is 5.56 Å². The standard InChI is InChI=1S/C15H21ClN2O/c1-4-12-10-18(7-5-6-8-19-3)15-14(12)13(16)9-11(2)17-15/h9-10H,4-8H2,1-3H3. The first-order valence-corrected chi connectivity index (χ1v) is 7.19. The Kier molecular flexibility index (Phi) is 4.83. The fourth-order valence-corrected chi connectivity index (χ4v) is 2.77. The normalized spacial score (nSPS) is 11.4. The van der Waals surface area contributed by atoms with E-state index in [0.29, 0.717) is 0 Å². The number of unbranched alkanes of at least 4 members (excludes halogenated alkanes) is 1. The summed E-state index contributed by atoms with van der Waals surface area (Å²) in [4.78, 5) is 4.65. The van der Waals surface area contributed by atoms with Crippen molar-refractivity contribution >= 4 is 22.6 Å². The van der Waals surface area contributed by atoms with E-state index in [1.807, 2.05) is 13.0 Å². The van der Waals surface area contributed by atoms with Crippen LogP contribution in [0.4, 0.5) is 0 Å². The summed E-state index contributed by atoms with van der Waals surface area (Å²) in [6.45, 7) is 5.92. The zero-order valence-electron chi connectivity index (χ0n) is 11.9. The summed E-state index contributed by atoms with van der Waals surface area (Å²) in [5, 5.41) is 1.93. The van der Waals surface area contributed by atoms with Gasteiger partial charge in [-0.25, -0.2) is 4.98 Å². The first kappa shape index (κ1) is 14.4. The molecule has 2 rings (SSSR count). The summed E-state index contributed by atoms with van der Waals surface area (Å²) in [5.41, 5.74) is 3.26. The molecule has 2 heterocycles. The van der Waals surface area contributed by atoms with Gasteiger partial charge in [0.15, 0.2) is 0 Å². The third kappa shape index (κ3) is 3.10. The lowest BCUT2D eigenvalue weighted by molar-refractivity contribution is 0.191. The SMILES string of the molecule is CCc1cn(CCCCOC)c2nc(C)cc(Cl)c12. The van der Waals surface area contributed by atoms with Crippen LogP contribution in [-0.2, 0) is 17.7 Å². The van der Waals surface area contributed by atoms with E-state index in [2.05, 4.69) is 22.7 Å². The van der Waals surface area contributed by atoms with Gasteiger partial charge in [-0.05, 0) is 37.8 Å². The van der Waals surface area contributed by atoms with Crippen molar-refractivity contribution < 1.29 is 4.74 Å². The molecule has 0 aliphatic carbocycles. The van der Waals surface area contributed by atoms with E-state index in [1.54, 1.807) is 7.11 Å². The maximum Gasteiger partial charge on any atom is 0.141 e. The van der Waals surface area contributed by atoms with Gasteiger partial charge in [0.1, 0.15) is 5.65 Å². The molecule has 4 heteroatoms. The summed E-state index contributed by atoms with van der Waals surface area (Å²) >= 11 is 6.37. The van der Waals surface area contributed by atoms with Gasteiger partial charge in [0.2, 0.25) is 0 Å². The van der Waals surface area contributed by atoms with E-state index >= 15 is 0 Å². The molecule has 0 radical (unpaired) electrons. The fourth-order valence-electron chi connectivity index (χ4n) is 2.40. The highest BCUT2D eigenvalue weighted by molar-refractivity contribution is 6.35. The number of methoxy groups -OCH3 is 1. The average Bonchev–Trinajstić information content (AvgIpc) is 2.73. The van der Waals surface area contributed by atoms with Crippen LogP contribution in [0.2, 0.25) is 5.02 Å². The minimum atomic E-state index is 0.813. The van der Waals surface area contributed by atoms with E-state index in [9.17, 15) is 0 Å². The molecule has 0 amide bonds. The van der Waals surface area contributed by atoms with Crippen LogP contribution in [0.5, 0.6) is 0 Å². The summed E-state index contributed by atoms with van der Waals surface area (Å²) < 4.78 is 7.31. The second kappa shape index (κ2) is 6.40. The monoisotopic (exact) mass is 280 g/mol. The molecule has 0 N–H and O–H groups in total. The molecule has 19 heavy (non-hydrogen) atoms. The molecule has 0 saturated heterocycles. The molecule has 2 aromatic rings. The number of nitrogens with zero attached hydrogens (tertiary/aromatic N) is 2. The van der Waals surface area contributed by atoms with Gasteiger partial charge < -0.3 is 9.30 Å². The molecule has 0 aliphatic rings. The van der Waals surface area contributed by atoms with Gasteiger partial charge in [-0.15, -0.1) is 0 Å². The Morgan fingerprint density at radius 3 is 2.84 bits per heavy atom. The van der Waals surface area contributed by atoms with Crippen molar-refractivity contribution in [2.45, 2.75) is 39.7 Å². The summed E-state index contributed by atoms with van der Waals surface area (Å²) in [6.07, 6.45) is 5.33. The lowest BCUT2D eigenvalue weighted by Gasteiger charge is -2.05. The molecule has 104 valence electrons. The molecule has 0 aliphatic heterocycles. The Balaban J connectivity index is 2.33. The van der Waals surface area contributed by atoms with Crippen LogP contribution >= 0.6 is 11.6 Å². The van der Waals surface area contributed by atoms with Gasteiger partial charge in [0.05, 0.1) is 5.02 Å². The Morgan fingerprint density at radius 2 is 2.16 bits per heavy atom. The third-order valence-corrected chi connectivity index (χ3v) is 3.66. The molecule has 0 aromatic carbocycles. The van der Waals surface area contributed by atoms with Gasteiger partial charge in [-0.2, -0.15) is 0 Å². The maximum atomic E-state index is 6.37. The third-order valence-electron chi connectivity index (χ3n) is 3.36. The molecule has 0 spiro atoms. The molecule has 0 fully saturated rings. The van der Waals surface area contributed by atoms with Crippen molar-refractivity contribution in [1.29, 1.82) is 0 Å². The summed E-state index contributed by atoms with van der Waals surface area (Å²) in [6, 6.07) is 1.94. The first-order valence-electron chi connectivity index (χ1n) is 6.81. The second-order valence-electron chi connectivity index (χ2n) is 4.85. The minimum absolute atomic E-state index is 0.813. The number of hydrogen-bond acceptors (Lipinski definition) is 2. The van der Waals surface area contributed by atoms with E-state index in [4.69, 9.17) is 16.3 Å². The Bertz CT molecular complexity index is 563. The zero-order valence-corrected chi connectivity index (χ0v) is 12.6. The largest absolute Gasteiger partial charge is 0.385 e. The molecule has 0 atom stereocenters. The lowest BCUT2D eigenvalue weighted by Crippen LogP contribution is -2.00. The van der Waals surface area contributed by atoms with Gasteiger partial charge in [0.25, 0.3) is 0 Å². The van der Waals surface area contributed by atoms with Crippen LogP contribution in [0.25, 0.3) is 11.0 Å². The van der Waals surface area contributed by atoms with Crippen molar-refractivity contribution in [2.24, 2.45) is 0 Å². The van der Waals surface area contributed by atoms with Gasteiger partial charge >= 0.3 is 0 Å². The number of rotatable bonds is 6. The maximum absolute atomic E-state index is 6.37. The fraction of sp³-hybridized carbons (Fsp3) is 0.533. The Hall–Kier alpha value is -1.06. The van der Waals surface area contributed by atoms with Crippen molar-refractivity contribution in [3.63, 3.8) is 0 Å². The van der Waals surface area contributed by atoms with Crippen LogP contribution in [0.1, 0.15) is 31.0 Å². The van der Waals surface area contributed by atoms with Gasteiger partial charge in [-0.3, -0.25) is 0 Å². The van der Waals surface area contributed by atoms with Crippen LogP contribution < -0.4 is 0 Å². The van der Waals surface area contributed by atoms with Crippen molar-refractivity contribution in [3.05, 3.63) is 28.5 Å². The van der Waals surface area contributed by atoms with Gasteiger partial charge in [0, 0.05) is 37.5 Å². The smallest absolute Gasteiger partial charge is 0.141 e. The van der Waals surface area contributed by atoms with E-state index < -0.39 is 0 Å². The number of ether oxygens (including phenoxy) is 1. The van der Waals surface area contributed by atoms with Crippen LogP contribution in [0.15, 0.2) is 12.3 Å². The molecular weight excluding hydrogens is 260 g/mol. The van der Waals surface area contributed by atoms with E-state index in [0.717, 1.165) is 54.2 Å². The highest BCUT2D eigenvalue weighted by Gasteiger charge is 2.12. The average molecular weight is 281 g/mol. The topological polar surface area (TPSA) is 27.1 Å². The molecule has 0 saturated carbocycles. The number of fused-ring (bicyclic) bond motifs is 1. The van der Waals surface area contributed by atoms with Crippen LogP contribution in [0, 0.1) is 6.92 Å². The second-order valence-corrected chi connectivity index (χ2v) is 5.25. The van der Waals surface area contributed by atoms with Crippen molar-refractivity contribution in [1.82, 2.24) is 9.55 Å². The van der Waals surface area contributed by atoms with Crippen LogP contribution in [-0.4, -0.2) is 23.3 Å². The molecule has 3 nitrogen and oxygen atoms in total. The molecule has 0 bridgehead atoms. The Labute approximate surface area is 119 Å². The van der Waals surface area contributed by atoms with Gasteiger partial charge in [-0.1, -0.05) is 18.5 Å². The van der Waals surface area contributed by atoms with E-state index in [-0.39, 0.29) is 0 Å². The predicted octanol–water partition coefficient (Wildman–Crippen LogP) is 3.99. The molecule has 0 unspecified atom stereocenters. The number of aromatic nitrogens is 2. The quantitative estimate of drug-likeness (QED) is 0.748. The summed E-state index contributed by atoms with van der Waals surface area (Å²) in [5.74, 6) is 0. The number of hydrogen-bond donors (Lipinski definition) is 0. The lowest BCUT2D eigenvalue weighted by atomic mass is 10.2. The first-order chi connectivity index (χ1) is 9.17. The highest BCUT2D eigenvalue weighted by atomic mass is 35.5. The van der Waals surface area contributed by atoms with Crippen LogP contribution in [0.3, 0.4) is 0 Å². The number of aryl methyl sites for hydroxylation is 3.